The Balaban J connectivity index is 2.41. The van der Waals surface area contributed by atoms with Crippen LogP contribution in [0, 0.1) is 10.8 Å². The average Bonchev–Trinajstić information content (AvgIpc) is 2.18. The molecule has 0 aromatic rings. The van der Waals surface area contributed by atoms with Gasteiger partial charge in [-0.15, -0.1) is 0 Å². The molecule has 1 rings (SSSR count). The van der Waals surface area contributed by atoms with Crippen LogP contribution in [0.1, 0.15) is 59.8 Å². The van der Waals surface area contributed by atoms with Gasteiger partial charge in [-0.1, -0.05) is 40.5 Å². The number of amides is 1. The summed E-state index contributed by atoms with van der Waals surface area (Å²) in [5, 5.41) is 13.0. The molecule has 1 aliphatic carbocycles. The first-order chi connectivity index (χ1) is 7.73. The summed E-state index contributed by atoms with van der Waals surface area (Å²) in [6.45, 7) is 8.86. The zero-order chi connectivity index (χ0) is 13.1. The molecule has 2 N–H and O–H groups in total. The minimum atomic E-state index is -0.272. The van der Waals surface area contributed by atoms with Gasteiger partial charge in [-0.25, -0.2) is 0 Å². The Morgan fingerprint density at radius 2 is 2.06 bits per heavy atom. The number of aliphatic hydroxyl groups is 1. The van der Waals surface area contributed by atoms with E-state index in [-0.39, 0.29) is 22.8 Å². The van der Waals surface area contributed by atoms with E-state index in [1.807, 2.05) is 0 Å². The molecule has 0 aromatic carbocycles. The average molecular weight is 241 g/mol. The van der Waals surface area contributed by atoms with Crippen LogP contribution in [0.15, 0.2) is 0 Å². The van der Waals surface area contributed by atoms with E-state index in [0.717, 1.165) is 25.7 Å². The van der Waals surface area contributed by atoms with Crippen molar-refractivity contribution >= 4 is 5.91 Å². The van der Waals surface area contributed by atoms with Crippen molar-refractivity contribution in [3.8, 4) is 0 Å². The highest BCUT2D eigenvalue weighted by molar-refractivity contribution is 5.76. The Bertz CT molecular complexity index is 270. The van der Waals surface area contributed by atoms with Crippen molar-refractivity contribution in [2.75, 3.05) is 6.54 Å². The van der Waals surface area contributed by atoms with E-state index in [0.29, 0.717) is 13.0 Å². The quantitative estimate of drug-likeness (QED) is 0.797. The largest absolute Gasteiger partial charge is 0.392 e. The van der Waals surface area contributed by atoms with Gasteiger partial charge >= 0.3 is 0 Å². The molecule has 1 saturated carbocycles. The molecule has 1 amide bonds. The highest BCUT2D eigenvalue weighted by Gasteiger charge is 2.35. The Hall–Kier alpha value is -0.570. The van der Waals surface area contributed by atoms with Crippen molar-refractivity contribution in [3.05, 3.63) is 0 Å². The maximum Gasteiger partial charge on any atom is 0.220 e. The van der Waals surface area contributed by atoms with Gasteiger partial charge in [0.05, 0.1) is 6.10 Å². The van der Waals surface area contributed by atoms with Crippen molar-refractivity contribution in [3.63, 3.8) is 0 Å². The summed E-state index contributed by atoms with van der Waals surface area (Å²) >= 11 is 0. The van der Waals surface area contributed by atoms with Gasteiger partial charge in [-0.3, -0.25) is 4.79 Å². The maximum atomic E-state index is 11.8. The van der Waals surface area contributed by atoms with Gasteiger partial charge in [0.15, 0.2) is 0 Å². The molecule has 0 unspecified atom stereocenters. The Morgan fingerprint density at radius 1 is 1.41 bits per heavy atom. The summed E-state index contributed by atoms with van der Waals surface area (Å²) in [5.74, 6) is 0.0940. The molecule has 100 valence electrons. The van der Waals surface area contributed by atoms with Crippen LogP contribution in [0.5, 0.6) is 0 Å². The molecule has 17 heavy (non-hydrogen) atoms. The van der Waals surface area contributed by atoms with Crippen LogP contribution in [0.2, 0.25) is 0 Å². The Morgan fingerprint density at radius 3 is 2.59 bits per heavy atom. The second-order valence-electron chi connectivity index (χ2n) is 6.93. The molecule has 0 bridgehead atoms. The third kappa shape index (κ3) is 4.66. The number of hydrogen-bond acceptors (Lipinski definition) is 2. The van der Waals surface area contributed by atoms with E-state index in [1.54, 1.807) is 0 Å². The Labute approximate surface area is 105 Å². The second-order valence-corrected chi connectivity index (χ2v) is 6.93. The molecular weight excluding hydrogens is 214 g/mol. The minimum Gasteiger partial charge on any atom is -0.392 e. The number of carbonyl (C=O) groups excluding carboxylic acids is 1. The number of nitrogens with one attached hydrogen (secondary N) is 1. The molecule has 0 spiro atoms. The number of rotatable bonds is 3. The van der Waals surface area contributed by atoms with Crippen molar-refractivity contribution in [2.24, 2.45) is 10.8 Å². The molecular formula is C14H27NO2. The summed E-state index contributed by atoms with van der Waals surface area (Å²) in [4.78, 5) is 11.8. The van der Waals surface area contributed by atoms with E-state index < -0.39 is 0 Å². The van der Waals surface area contributed by atoms with E-state index in [4.69, 9.17) is 0 Å². The van der Waals surface area contributed by atoms with Gasteiger partial charge in [-0.05, 0) is 18.3 Å². The lowest BCUT2D eigenvalue weighted by molar-refractivity contribution is -0.124. The van der Waals surface area contributed by atoms with Crippen LogP contribution in [0.3, 0.4) is 0 Å². The number of hydrogen-bond donors (Lipinski definition) is 2. The predicted octanol–water partition coefficient (Wildman–Crippen LogP) is 2.48. The second kappa shape index (κ2) is 5.38. The molecule has 3 heteroatoms. The molecule has 2 atom stereocenters. The fraction of sp³-hybridized carbons (Fsp3) is 0.929. The molecule has 0 radical (unpaired) electrons. The standard InChI is InChI=1S/C14H27NO2/c1-13(2,3)9-12(17)15-10-14(4)8-6-5-7-11(14)16/h11,16H,5-10H2,1-4H3,(H,15,17)/t11-,14-/m1/s1. The highest BCUT2D eigenvalue weighted by Crippen LogP contribution is 2.35. The molecule has 0 aliphatic heterocycles. The molecule has 1 fully saturated rings. The predicted molar refractivity (Wildman–Crippen MR) is 69.7 cm³/mol. The summed E-state index contributed by atoms with van der Waals surface area (Å²) in [6.07, 6.45) is 4.40. The minimum absolute atomic E-state index is 0.0240. The third-order valence-corrected chi connectivity index (χ3v) is 3.66. The van der Waals surface area contributed by atoms with E-state index >= 15 is 0 Å². The van der Waals surface area contributed by atoms with Crippen LogP contribution in [-0.4, -0.2) is 23.7 Å². The smallest absolute Gasteiger partial charge is 0.220 e. The van der Waals surface area contributed by atoms with Crippen molar-refractivity contribution in [1.29, 1.82) is 0 Å². The first kappa shape index (κ1) is 14.5. The Kier molecular flexibility index (Phi) is 4.59. The van der Waals surface area contributed by atoms with Crippen LogP contribution in [0.25, 0.3) is 0 Å². The first-order valence-electron chi connectivity index (χ1n) is 6.68. The maximum absolute atomic E-state index is 11.8. The lowest BCUT2D eigenvalue weighted by Gasteiger charge is -2.38. The number of carbonyl (C=O) groups is 1. The van der Waals surface area contributed by atoms with Gasteiger partial charge in [0.25, 0.3) is 0 Å². The summed E-state index contributed by atoms with van der Waals surface area (Å²) in [7, 11) is 0. The lowest BCUT2D eigenvalue weighted by atomic mass is 9.73. The number of aliphatic hydroxyl groups excluding tert-OH is 1. The van der Waals surface area contributed by atoms with E-state index in [9.17, 15) is 9.90 Å². The topological polar surface area (TPSA) is 49.3 Å². The van der Waals surface area contributed by atoms with Gasteiger partial charge in [0.2, 0.25) is 5.91 Å². The SMILES string of the molecule is CC(C)(C)CC(=O)NC[C@@]1(C)CCCC[C@H]1O. The fourth-order valence-electron chi connectivity index (χ4n) is 2.43. The highest BCUT2D eigenvalue weighted by atomic mass is 16.3. The molecule has 0 saturated heterocycles. The van der Waals surface area contributed by atoms with Gasteiger partial charge in [0, 0.05) is 18.4 Å². The van der Waals surface area contributed by atoms with Crippen LogP contribution in [-0.2, 0) is 4.79 Å². The lowest BCUT2D eigenvalue weighted by Crippen LogP contribution is -2.45. The van der Waals surface area contributed by atoms with Crippen molar-refractivity contribution < 1.29 is 9.90 Å². The molecule has 0 heterocycles. The zero-order valence-corrected chi connectivity index (χ0v) is 11.7. The normalized spacial score (nSPS) is 30.1. The first-order valence-corrected chi connectivity index (χ1v) is 6.68. The van der Waals surface area contributed by atoms with Crippen LogP contribution >= 0.6 is 0 Å². The summed E-state index contributed by atoms with van der Waals surface area (Å²) < 4.78 is 0. The van der Waals surface area contributed by atoms with E-state index in [1.165, 1.54) is 0 Å². The van der Waals surface area contributed by atoms with E-state index in [2.05, 4.69) is 33.0 Å². The zero-order valence-electron chi connectivity index (χ0n) is 11.7. The van der Waals surface area contributed by atoms with Crippen LogP contribution < -0.4 is 5.32 Å². The van der Waals surface area contributed by atoms with Crippen LogP contribution in [0.4, 0.5) is 0 Å². The monoisotopic (exact) mass is 241 g/mol. The molecule has 0 aromatic heterocycles. The molecule has 3 nitrogen and oxygen atoms in total. The van der Waals surface area contributed by atoms with Crippen molar-refractivity contribution in [2.45, 2.75) is 65.9 Å². The third-order valence-electron chi connectivity index (χ3n) is 3.66. The van der Waals surface area contributed by atoms with Gasteiger partial charge in [-0.2, -0.15) is 0 Å². The van der Waals surface area contributed by atoms with Gasteiger partial charge < -0.3 is 10.4 Å². The van der Waals surface area contributed by atoms with Crippen molar-refractivity contribution in [1.82, 2.24) is 5.32 Å². The fourth-order valence-corrected chi connectivity index (χ4v) is 2.43. The summed E-state index contributed by atoms with van der Waals surface area (Å²) in [5.41, 5.74) is -0.109. The summed E-state index contributed by atoms with van der Waals surface area (Å²) in [6, 6.07) is 0. The van der Waals surface area contributed by atoms with Gasteiger partial charge in [0.1, 0.15) is 0 Å². The molecule has 1 aliphatic rings.